The Kier molecular flexibility index (Phi) is 6.39. The number of hydrogen-bond acceptors (Lipinski definition) is 6. The Balaban J connectivity index is 1.44. The molecule has 1 amide bonds. The largest absolute Gasteiger partial charge is 0.481 e. The first kappa shape index (κ1) is 19.3. The van der Waals surface area contributed by atoms with Gasteiger partial charge in [-0.2, -0.15) is 0 Å². The molecule has 0 saturated carbocycles. The molecule has 0 bridgehead atoms. The van der Waals surface area contributed by atoms with Gasteiger partial charge in [0, 0.05) is 12.6 Å². The zero-order chi connectivity index (χ0) is 19.2. The van der Waals surface area contributed by atoms with Gasteiger partial charge in [0.1, 0.15) is 12.1 Å². The lowest BCUT2D eigenvalue weighted by molar-refractivity contribution is -0.127. The third-order valence-corrected chi connectivity index (χ3v) is 5.15. The van der Waals surface area contributed by atoms with E-state index in [9.17, 15) is 4.79 Å². The SMILES string of the molecule is CC1CCN([C@H](C)CNC(=O)[C@H](C)Oc2ccc(-n3cnnn3)cc2)CC1. The van der Waals surface area contributed by atoms with E-state index in [2.05, 4.69) is 39.6 Å². The van der Waals surface area contributed by atoms with E-state index >= 15 is 0 Å². The first-order chi connectivity index (χ1) is 13.0. The predicted octanol–water partition coefficient (Wildman–Crippen LogP) is 1.67. The van der Waals surface area contributed by atoms with Crippen molar-refractivity contribution < 1.29 is 9.53 Å². The number of nitrogens with one attached hydrogen (secondary N) is 1. The van der Waals surface area contributed by atoms with Gasteiger partial charge in [0.2, 0.25) is 0 Å². The number of piperidine rings is 1. The Labute approximate surface area is 159 Å². The van der Waals surface area contributed by atoms with E-state index in [1.165, 1.54) is 19.2 Å². The topological polar surface area (TPSA) is 85.2 Å². The van der Waals surface area contributed by atoms with Gasteiger partial charge in [-0.25, -0.2) is 4.68 Å². The first-order valence-corrected chi connectivity index (χ1v) is 9.55. The standard InChI is InChI=1S/C19H28N6O2/c1-14-8-10-24(11-9-14)15(2)12-20-19(26)16(3)27-18-6-4-17(5-7-18)25-13-21-22-23-25/h4-7,13-16H,8-12H2,1-3H3,(H,20,26)/t15-,16+/m1/s1. The quantitative estimate of drug-likeness (QED) is 0.796. The van der Waals surface area contributed by atoms with Crippen molar-refractivity contribution in [3.8, 4) is 11.4 Å². The Morgan fingerprint density at radius 3 is 2.59 bits per heavy atom. The maximum atomic E-state index is 12.4. The summed E-state index contributed by atoms with van der Waals surface area (Å²) in [5, 5.41) is 14.1. The van der Waals surface area contributed by atoms with Crippen molar-refractivity contribution in [3.05, 3.63) is 30.6 Å². The molecule has 0 spiro atoms. The summed E-state index contributed by atoms with van der Waals surface area (Å²) in [4.78, 5) is 14.8. The van der Waals surface area contributed by atoms with E-state index in [0.29, 0.717) is 18.3 Å². The van der Waals surface area contributed by atoms with Crippen LogP contribution in [0.3, 0.4) is 0 Å². The van der Waals surface area contributed by atoms with Crippen LogP contribution in [0.4, 0.5) is 0 Å². The molecule has 0 aliphatic carbocycles. The lowest BCUT2D eigenvalue weighted by Crippen LogP contribution is -2.47. The molecular formula is C19H28N6O2. The lowest BCUT2D eigenvalue weighted by Gasteiger charge is -2.35. The van der Waals surface area contributed by atoms with Gasteiger partial charge in [-0.05, 0) is 80.4 Å². The van der Waals surface area contributed by atoms with Crippen LogP contribution in [0.15, 0.2) is 30.6 Å². The number of carbonyl (C=O) groups excluding carboxylic acids is 1. The molecule has 3 rings (SSSR count). The number of amides is 1. The molecule has 1 fully saturated rings. The minimum atomic E-state index is -0.558. The van der Waals surface area contributed by atoms with Crippen LogP contribution in [0, 0.1) is 5.92 Å². The van der Waals surface area contributed by atoms with Gasteiger partial charge in [0.05, 0.1) is 5.69 Å². The molecule has 1 aliphatic rings. The molecule has 8 heteroatoms. The second-order valence-electron chi connectivity index (χ2n) is 7.32. The van der Waals surface area contributed by atoms with E-state index in [0.717, 1.165) is 24.7 Å². The van der Waals surface area contributed by atoms with Gasteiger partial charge in [-0.3, -0.25) is 9.69 Å². The smallest absolute Gasteiger partial charge is 0.260 e. The second kappa shape index (κ2) is 8.94. The summed E-state index contributed by atoms with van der Waals surface area (Å²) >= 11 is 0. The Bertz CT molecular complexity index is 710. The van der Waals surface area contributed by atoms with Crippen LogP contribution >= 0.6 is 0 Å². The number of nitrogens with zero attached hydrogens (tertiary/aromatic N) is 5. The molecule has 0 unspecified atom stereocenters. The van der Waals surface area contributed by atoms with E-state index < -0.39 is 6.10 Å². The Morgan fingerprint density at radius 2 is 1.96 bits per heavy atom. The molecule has 1 aromatic heterocycles. The molecule has 27 heavy (non-hydrogen) atoms. The molecule has 2 atom stereocenters. The lowest BCUT2D eigenvalue weighted by atomic mass is 9.98. The van der Waals surface area contributed by atoms with Crippen molar-refractivity contribution in [2.24, 2.45) is 5.92 Å². The highest BCUT2D eigenvalue weighted by Gasteiger charge is 2.22. The van der Waals surface area contributed by atoms with Gasteiger partial charge >= 0.3 is 0 Å². The molecule has 2 heterocycles. The van der Waals surface area contributed by atoms with Crippen molar-refractivity contribution in [2.45, 2.75) is 45.8 Å². The molecule has 1 saturated heterocycles. The van der Waals surface area contributed by atoms with Crippen LogP contribution in [0.2, 0.25) is 0 Å². The molecule has 1 N–H and O–H groups in total. The van der Waals surface area contributed by atoms with Crippen molar-refractivity contribution in [2.75, 3.05) is 19.6 Å². The van der Waals surface area contributed by atoms with E-state index in [1.54, 1.807) is 23.7 Å². The molecule has 0 radical (unpaired) electrons. The van der Waals surface area contributed by atoms with E-state index in [4.69, 9.17) is 4.74 Å². The zero-order valence-corrected chi connectivity index (χ0v) is 16.2. The average Bonchev–Trinajstić information content (AvgIpc) is 3.21. The summed E-state index contributed by atoms with van der Waals surface area (Å²) in [6.45, 7) is 9.09. The monoisotopic (exact) mass is 372 g/mol. The van der Waals surface area contributed by atoms with Crippen molar-refractivity contribution >= 4 is 5.91 Å². The fourth-order valence-corrected chi connectivity index (χ4v) is 3.21. The fourth-order valence-electron chi connectivity index (χ4n) is 3.21. The number of aromatic nitrogens is 4. The van der Waals surface area contributed by atoms with Crippen LogP contribution in [-0.2, 0) is 4.79 Å². The Hall–Kier alpha value is -2.48. The zero-order valence-electron chi connectivity index (χ0n) is 16.2. The minimum Gasteiger partial charge on any atom is -0.481 e. The first-order valence-electron chi connectivity index (χ1n) is 9.55. The number of benzene rings is 1. The summed E-state index contributed by atoms with van der Waals surface area (Å²) < 4.78 is 7.31. The maximum Gasteiger partial charge on any atom is 0.260 e. The van der Waals surface area contributed by atoms with Gasteiger partial charge in [0.25, 0.3) is 5.91 Å². The molecule has 1 aliphatic heterocycles. The predicted molar refractivity (Wildman–Crippen MR) is 102 cm³/mol. The Morgan fingerprint density at radius 1 is 1.26 bits per heavy atom. The summed E-state index contributed by atoms with van der Waals surface area (Å²) in [5.74, 6) is 1.34. The van der Waals surface area contributed by atoms with Gasteiger partial charge < -0.3 is 10.1 Å². The number of carbonyl (C=O) groups is 1. The van der Waals surface area contributed by atoms with Gasteiger partial charge in [0.15, 0.2) is 6.10 Å². The third-order valence-electron chi connectivity index (χ3n) is 5.15. The second-order valence-corrected chi connectivity index (χ2v) is 7.32. The van der Waals surface area contributed by atoms with Crippen LogP contribution in [0.25, 0.3) is 5.69 Å². The number of rotatable bonds is 7. The third kappa shape index (κ3) is 5.26. The van der Waals surface area contributed by atoms with E-state index in [1.807, 2.05) is 12.1 Å². The summed E-state index contributed by atoms with van der Waals surface area (Å²) in [6.07, 6.45) is 3.44. The van der Waals surface area contributed by atoms with Crippen LogP contribution < -0.4 is 10.1 Å². The van der Waals surface area contributed by atoms with Crippen LogP contribution in [0.5, 0.6) is 5.75 Å². The maximum absolute atomic E-state index is 12.4. The number of hydrogen-bond donors (Lipinski definition) is 1. The van der Waals surface area contributed by atoms with Gasteiger partial charge in [-0.15, -0.1) is 5.10 Å². The average molecular weight is 372 g/mol. The van der Waals surface area contributed by atoms with Crippen LogP contribution in [0.1, 0.15) is 33.6 Å². The van der Waals surface area contributed by atoms with Crippen molar-refractivity contribution in [3.63, 3.8) is 0 Å². The molecule has 2 aromatic rings. The highest BCUT2D eigenvalue weighted by Crippen LogP contribution is 2.18. The summed E-state index contributed by atoms with van der Waals surface area (Å²) in [6, 6.07) is 7.63. The highest BCUT2D eigenvalue weighted by atomic mass is 16.5. The fraction of sp³-hybridized carbons (Fsp3) is 0.579. The minimum absolute atomic E-state index is 0.100. The molecular weight excluding hydrogens is 344 g/mol. The number of ether oxygens (including phenoxy) is 1. The number of tetrazole rings is 1. The molecule has 8 nitrogen and oxygen atoms in total. The van der Waals surface area contributed by atoms with Crippen molar-refractivity contribution in [1.82, 2.24) is 30.4 Å². The summed E-state index contributed by atoms with van der Waals surface area (Å²) in [5.41, 5.74) is 0.828. The number of likely N-dealkylation sites (tertiary alicyclic amines) is 1. The van der Waals surface area contributed by atoms with Gasteiger partial charge in [-0.1, -0.05) is 6.92 Å². The highest BCUT2D eigenvalue weighted by molar-refractivity contribution is 5.80. The summed E-state index contributed by atoms with van der Waals surface area (Å²) in [7, 11) is 0. The van der Waals surface area contributed by atoms with Crippen LogP contribution in [-0.4, -0.2) is 62.8 Å². The van der Waals surface area contributed by atoms with E-state index in [-0.39, 0.29) is 5.91 Å². The normalized spacial score (nSPS) is 18.0. The molecule has 1 aromatic carbocycles. The molecule has 146 valence electrons. The van der Waals surface area contributed by atoms with Crippen molar-refractivity contribution in [1.29, 1.82) is 0 Å².